The minimum atomic E-state index is -0.435. The lowest BCUT2D eigenvalue weighted by molar-refractivity contribution is 0.102. The third-order valence-corrected chi connectivity index (χ3v) is 3.69. The minimum Gasteiger partial charge on any atom is -0.322 e. The van der Waals surface area contributed by atoms with Crippen molar-refractivity contribution in [3.05, 3.63) is 76.8 Å². The molecule has 3 rings (SSSR count). The van der Waals surface area contributed by atoms with E-state index in [-0.39, 0.29) is 17.3 Å². The van der Waals surface area contributed by atoms with Gasteiger partial charge in [-0.3, -0.25) is 4.79 Å². The monoisotopic (exact) mass is 356 g/mol. The van der Waals surface area contributed by atoms with Crippen molar-refractivity contribution < 1.29 is 9.18 Å². The number of anilines is 3. The predicted octanol–water partition coefficient (Wildman–Crippen LogP) is 4.57. The maximum atomic E-state index is 13.7. The number of aryl methyl sites for hydroxylation is 1. The number of nitrogens with zero attached hydrogens (tertiary/aromatic N) is 2. The lowest BCUT2D eigenvalue weighted by Gasteiger charge is -2.10. The van der Waals surface area contributed by atoms with Crippen molar-refractivity contribution in [2.45, 2.75) is 6.92 Å². The molecule has 1 amide bonds. The van der Waals surface area contributed by atoms with E-state index in [1.165, 1.54) is 18.3 Å². The Morgan fingerprint density at radius 3 is 2.72 bits per heavy atom. The van der Waals surface area contributed by atoms with Gasteiger partial charge in [-0.2, -0.15) is 0 Å². The first kappa shape index (κ1) is 16.9. The van der Waals surface area contributed by atoms with E-state index in [9.17, 15) is 9.18 Å². The highest BCUT2D eigenvalue weighted by Gasteiger charge is 2.12. The molecule has 0 saturated heterocycles. The third kappa shape index (κ3) is 4.10. The second kappa shape index (κ2) is 7.27. The lowest BCUT2D eigenvalue weighted by Crippen LogP contribution is -2.15. The van der Waals surface area contributed by atoms with Gasteiger partial charge in [-0.15, -0.1) is 0 Å². The Morgan fingerprint density at radius 2 is 1.92 bits per heavy atom. The molecule has 25 heavy (non-hydrogen) atoms. The highest BCUT2D eigenvalue weighted by molar-refractivity contribution is 6.31. The second-order valence-electron chi connectivity index (χ2n) is 5.28. The number of benzene rings is 2. The number of carbonyl (C=O) groups excluding carboxylic acids is 1. The van der Waals surface area contributed by atoms with Crippen molar-refractivity contribution in [3.8, 4) is 0 Å². The normalized spacial score (nSPS) is 10.4. The number of rotatable bonds is 4. The van der Waals surface area contributed by atoms with E-state index < -0.39 is 11.7 Å². The number of nitrogens with one attached hydrogen (secondary N) is 2. The van der Waals surface area contributed by atoms with Crippen LogP contribution in [0.15, 0.2) is 54.7 Å². The Balaban J connectivity index is 1.80. The number of hydrogen-bond acceptors (Lipinski definition) is 4. The van der Waals surface area contributed by atoms with E-state index >= 15 is 0 Å². The summed E-state index contributed by atoms with van der Waals surface area (Å²) in [5.74, 6) is -0.722. The van der Waals surface area contributed by atoms with Gasteiger partial charge in [0.05, 0.1) is 5.69 Å². The van der Waals surface area contributed by atoms with Gasteiger partial charge < -0.3 is 10.6 Å². The largest absolute Gasteiger partial charge is 0.322 e. The number of halogens is 2. The van der Waals surface area contributed by atoms with Crippen LogP contribution in [0.4, 0.5) is 21.7 Å². The van der Waals surface area contributed by atoms with Crippen molar-refractivity contribution in [2.75, 3.05) is 10.6 Å². The van der Waals surface area contributed by atoms with Crippen LogP contribution in [0, 0.1) is 12.7 Å². The van der Waals surface area contributed by atoms with Crippen LogP contribution in [0.5, 0.6) is 0 Å². The SMILES string of the molecule is Cc1ccc(Cl)cc1NC(=O)c1ccnc(Nc2ccccc2F)n1. The van der Waals surface area contributed by atoms with Crippen molar-refractivity contribution >= 4 is 34.8 Å². The molecule has 0 spiro atoms. The molecule has 7 heteroatoms. The van der Waals surface area contributed by atoms with Crippen molar-refractivity contribution in [1.82, 2.24) is 9.97 Å². The topological polar surface area (TPSA) is 66.9 Å². The van der Waals surface area contributed by atoms with Gasteiger partial charge in [-0.05, 0) is 42.8 Å². The average molecular weight is 357 g/mol. The first-order chi connectivity index (χ1) is 12.0. The van der Waals surface area contributed by atoms with Crippen molar-refractivity contribution in [3.63, 3.8) is 0 Å². The number of carbonyl (C=O) groups is 1. The maximum Gasteiger partial charge on any atom is 0.274 e. The molecule has 3 aromatic rings. The van der Waals surface area contributed by atoms with Gasteiger partial charge in [-0.25, -0.2) is 14.4 Å². The molecule has 0 aliphatic heterocycles. The van der Waals surface area contributed by atoms with Gasteiger partial charge in [0.15, 0.2) is 0 Å². The smallest absolute Gasteiger partial charge is 0.274 e. The van der Waals surface area contributed by atoms with Crippen molar-refractivity contribution in [2.24, 2.45) is 0 Å². The molecular weight excluding hydrogens is 343 g/mol. The Bertz CT molecular complexity index is 932. The Kier molecular flexibility index (Phi) is 4.90. The standard InChI is InChI=1S/C18H14ClFN4O/c1-11-6-7-12(19)10-16(11)22-17(25)15-8-9-21-18(24-15)23-14-5-3-2-4-13(14)20/h2-10H,1H3,(H,22,25)(H,21,23,24). The quantitative estimate of drug-likeness (QED) is 0.718. The summed E-state index contributed by atoms with van der Waals surface area (Å²) >= 11 is 5.95. The summed E-state index contributed by atoms with van der Waals surface area (Å²) < 4.78 is 13.7. The number of amides is 1. The zero-order valence-corrected chi connectivity index (χ0v) is 14.0. The summed E-state index contributed by atoms with van der Waals surface area (Å²) in [5.41, 5.74) is 1.84. The minimum absolute atomic E-state index is 0.126. The van der Waals surface area contributed by atoms with Crippen LogP contribution in [-0.2, 0) is 0 Å². The van der Waals surface area contributed by atoms with Crippen LogP contribution < -0.4 is 10.6 Å². The lowest BCUT2D eigenvalue weighted by atomic mass is 10.2. The summed E-state index contributed by atoms with van der Waals surface area (Å²) in [5, 5.41) is 6.03. The second-order valence-corrected chi connectivity index (χ2v) is 5.72. The zero-order chi connectivity index (χ0) is 17.8. The molecule has 1 aromatic heterocycles. The average Bonchev–Trinajstić information content (AvgIpc) is 2.60. The summed E-state index contributed by atoms with van der Waals surface area (Å²) in [6.07, 6.45) is 1.43. The molecule has 0 aliphatic carbocycles. The fourth-order valence-electron chi connectivity index (χ4n) is 2.14. The molecule has 0 atom stereocenters. The highest BCUT2D eigenvalue weighted by atomic mass is 35.5. The van der Waals surface area contributed by atoms with Crippen LogP contribution in [0.3, 0.4) is 0 Å². The van der Waals surface area contributed by atoms with Gasteiger partial charge in [-0.1, -0.05) is 29.8 Å². The molecule has 0 bridgehead atoms. The molecule has 2 aromatic carbocycles. The first-order valence-corrected chi connectivity index (χ1v) is 7.83. The molecule has 5 nitrogen and oxygen atoms in total. The summed E-state index contributed by atoms with van der Waals surface area (Å²) in [7, 11) is 0. The summed E-state index contributed by atoms with van der Waals surface area (Å²) in [6.45, 7) is 1.86. The van der Waals surface area contributed by atoms with Gasteiger partial charge in [0.2, 0.25) is 5.95 Å². The predicted molar refractivity (Wildman–Crippen MR) is 95.9 cm³/mol. The molecule has 0 fully saturated rings. The number of hydrogen-bond donors (Lipinski definition) is 2. The van der Waals surface area contributed by atoms with Crippen molar-refractivity contribution in [1.29, 1.82) is 0 Å². The molecule has 1 heterocycles. The molecular formula is C18H14ClFN4O. The van der Waals surface area contributed by atoms with Gasteiger partial charge in [0.1, 0.15) is 11.5 Å². The van der Waals surface area contributed by atoms with E-state index in [2.05, 4.69) is 20.6 Å². The van der Waals surface area contributed by atoms with E-state index in [1.807, 2.05) is 13.0 Å². The van der Waals surface area contributed by atoms with Crippen LogP contribution in [0.2, 0.25) is 5.02 Å². The van der Waals surface area contributed by atoms with Crippen LogP contribution in [0.25, 0.3) is 0 Å². The van der Waals surface area contributed by atoms with Gasteiger partial charge in [0.25, 0.3) is 5.91 Å². The fourth-order valence-corrected chi connectivity index (χ4v) is 2.32. The maximum absolute atomic E-state index is 13.7. The summed E-state index contributed by atoms with van der Waals surface area (Å²) in [4.78, 5) is 20.5. The van der Waals surface area contributed by atoms with Crippen LogP contribution in [0.1, 0.15) is 16.1 Å². The molecule has 0 unspecified atom stereocenters. The van der Waals surface area contributed by atoms with Gasteiger partial charge in [0, 0.05) is 16.9 Å². The Morgan fingerprint density at radius 1 is 1.12 bits per heavy atom. The molecule has 126 valence electrons. The van der Waals surface area contributed by atoms with E-state index in [0.29, 0.717) is 10.7 Å². The third-order valence-electron chi connectivity index (χ3n) is 3.46. The Hall–Kier alpha value is -2.99. The fraction of sp³-hybridized carbons (Fsp3) is 0.0556. The molecule has 2 N–H and O–H groups in total. The number of para-hydroxylation sites is 1. The molecule has 0 radical (unpaired) electrons. The van der Waals surface area contributed by atoms with E-state index in [4.69, 9.17) is 11.6 Å². The van der Waals surface area contributed by atoms with Crippen LogP contribution in [-0.4, -0.2) is 15.9 Å². The molecule has 0 saturated carbocycles. The number of aromatic nitrogens is 2. The zero-order valence-electron chi connectivity index (χ0n) is 13.3. The van der Waals surface area contributed by atoms with E-state index in [0.717, 1.165) is 5.56 Å². The van der Waals surface area contributed by atoms with Gasteiger partial charge >= 0.3 is 0 Å². The molecule has 0 aliphatic rings. The summed E-state index contributed by atoms with van der Waals surface area (Å²) in [6, 6.07) is 12.8. The highest BCUT2D eigenvalue weighted by Crippen LogP contribution is 2.21. The van der Waals surface area contributed by atoms with Crippen LogP contribution >= 0.6 is 11.6 Å². The Labute approximate surface area is 148 Å². The first-order valence-electron chi connectivity index (χ1n) is 7.45. The van der Waals surface area contributed by atoms with E-state index in [1.54, 1.807) is 30.3 Å².